The van der Waals surface area contributed by atoms with Crippen LogP contribution in [0.4, 0.5) is 10.1 Å². The largest absolute Gasteiger partial charge is 0.383 e. The maximum atomic E-state index is 13.1. The maximum Gasteiger partial charge on any atom is 0.314 e. The van der Waals surface area contributed by atoms with Crippen molar-refractivity contribution in [1.82, 2.24) is 14.7 Å². The number of β-amino-alcohol motifs (C(OH)–C–C–N with tert-alkyl or cyclic N) is 1. The van der Waals surface area contributed by atoms with Crippen LogP contribution in [0.3, 0.4) is 0 Å². The molecule has 8 heteroatoms. The van der Waals surface area contributed by atoms with Gasteiger partial charge in [-0.05, 0) is 38.0 Å². The van der Waals surface area contributed by atoms with Crippen LogP contribution in [0.5, 0.6) is 0 Å². The van der Waals surface area contributed by atoms with Gasteiger partial charge in [-0.2, -0.15) is 5.10 Å². The molecular weight excluding hydrogens is 339 g/mol. The molecule has 26 heavy (non-hydrogen) atoms. The highest BCUT2D eigenvalue weighted by Gasteiger charge is 2.41. The third kappa shape index (κ3) is 3.20. The summed E-state index contributed by atoms with van der Waals surface area (Å²) in [7, 11) is 1.75. The van der Waals surface area contributed by atoms with E-state index < -0.39 is 23.2 Å². The van der Waals surface area contributed by atoms with Crippen LogP contribution in [0, 0.1) is 19.7 Å². The van der Waals surface area contributed by atoms with Gasteiger partial charge in [-0.1, -0.05) is 12.1 Å². The number of hydrogen-bond donors (Lipinski definition) is 2. The number of rotatable bonds is 2. The first-order valence-corrected chi connectivity index (χ1v) is 8.30. The molecule has 2 heterocycles. The van der Waals surface area contributed by atoms with Crippen molar-refractivity contribution in [3.63, 3.8) is 0 Å². The Bertz CT molecular complexity index is 862. The molecule has 1 saturated heterocycles. The number of carbonyl (C=O) groups is 2. The van der Waals surface area contributed by atoms with Gasteiger partial charge in [-0.15, -0.1) is 0 Å². The van der Waals surface area contributed by atoms with Crippen LogP contribution in [0.2, 0.25) is 0 Å². The average molecular weight is 360 g/mol. The molecule has 0 bridgehead atoms. The van der Waals surface area contributed by atoms with Crippen LogP contribution in [0.15, 0.2) is 24.3 Å². The van der Waals surface area contributed by atoms with E-state index in [1.54, 1.807) is 25.6 Å². The van der Waals surface area contributed by atoms with E-state index in [-0.39, 0.29) is 19.5 Å². The Kier molecular flexibility index (Phi) is 4.53. The third-order valence-corrected chi connectivity index (χ3v) is 4.86. The lowest BCUT2D eigenvalue weighted by Gasteiger charge is -2.23. The lowest BCUT2D eigenvalue weighted by Crippen LogP contribution is -2.40. The molecule has 0 saturated carbocycles. The summed E-state index contributed by atoms with van der Waals surface area (Å²) >= 11 is 0. The van der Waals surface area contributed by atoms with Crippen LogP contribution in [-0.2, 0) is 22.2 Å². The van der Waals surface area contributed by atoms with E-state index in [1.165, 1.54) is 29.2 Å². The number of benzene rings is 1. The van der Waals surface area contributed by atoms with E-state index in [0.29, 0.717) is 16.9 Å². The summed E-state index contributed by atoms with van der Waals surface area (Å²) in [6.07, 6.45) is 0.280. The highest BCUT2D eigenvalue weighted by atomic mass is 19.1. The molecule has 2 N–H and O–H groups in total. The number of amides is 2. The molecule has 0 aliphatic carbocycles. The van der Waals surface area contributed by atoms with E-state index in [1.807, 2.05) is 0 Å². The zero-order chi connectivity index (χ0) is 19.1. The van der Waals surface area contributed by atoms with E-state index in [2.05, 4.69) is 10.4 Å². The zero-order valence-corrected chi connectivity index (χ0v) is 14.9. The number of carbonyl (C=O) groups excluding carboxylic acids is 2. The molecule has 1 aromatic heterocycles. The van der Waals surface area contributed by atoms with Crippen LogP contribution in [-0.4, -0.2) is 44.7 Å². The highest BCUT2D eigenvalue weighted by molar-refractivity contribution is 6.39. The minimum Gasteiger partial charge on any atom is -0.383 e. The van der Waals surface area contributed by atoms with E-state index in [4.69, 9.17) is 0 Å². The second kappa shape index (κ2) is 6.53. The molecule has 1 aliphatic rings. The molecule has 7 nitrogen and oxygen atoms in total. The van der Waals surface area contributed by atoms with Crippen molar-refractivity contribution >= 4 is 17.5 Å². The molecule has 1 unspecified atom stereocenters. The summed E-state index contributed by atoms with van der Waals surface area (Å²) in [5.41, 5.74) is 1.11. The van der Waals surface area contributed by atoms with E-state index in [0.717, 1.165) is 5.69 Å². The number of halogens is 1. The first kappa shape index (κ1) is 18.1. The molecule has 0 spiro atoms. The van der Waals surface area contributed by atoms with E-state index >= 15 is 0 Å². The van der Waals surface area contributed by atoms with Crippen molar-refractivity contribution in [3.8, 4) is 0 Å². The predicted octanol–water partition coefficient (Wildman–Crippen LogP) is 1.23. The summed E-state index contributed by atoms with van der Waals surface area (Å²) in [6, 6.07) is 5.51. The van der Waals surface area contributed by atoms with Crippen molar-refractivity contribution in [2.24, 2.45) is 7.05 Å². The first-order chi connectivity index (χ1) is 12.2. The van der Waals surface area contributed by atoms with E-state index in [9.17, 15) is 19.1 Å². The monoisotopic (exact) mass is 360 g/mol. The van der Waals surface area contributed by atoms with Crippen molar-refractivity contribution in [1.29, 1.82) is 0 Å². The van der Waals surface area contributed by atoms with Crippen molar-refractivity contribution in [2.75, 3.05) is 18.4 Å². The molecule has 0 radical (unpaired) electrons. The molecule has 1 aromatic carbocycles. The Morgan fingerprint density at radius 2 is 1.92 bits per heavy atom. The smallest absolute Gasteiger partial charge is 0.314 e. The number of nitrogens with zero attached hydrogens (tertiary/aromatic N) is 3. The maximum absolute atomic E-state index is 13.1. The second-order valence-electron chi connectivity index (χ2n) is 6.64. The number of aromatic nitrogens is 2. The molecule has 2 amide bonds. The van der Waals surface area contributed by atoms with Gasteiger partial charge < -0.3 is 15.3 Å². The van der Waals surface area contributed by atoms with Gasteiger partial charge in [0.05, 0.1) is 23.6 Å². The lowest BCUT2D eigenvalue weighted by atomic mass is 9.93. The van der Waals surface area contributed by atoms with Gasteiger partial charge in [-0.3, -0.25) is 14.3 Å². The predicted molar refractivity (Wildman–Crippen MR) is 92.8 cm³/mol. The fraction of sp³-hybridized carbons (Fsp3) is 0.389. The fourth-order valence-corrected chi connectivity index (χ4v) is 3.23. The lowest BCUT2D eigenvalue weighted by molar-refractivity contribution is -0.143. The summed E-state index contributed by atoms with van der Waals surface area (Å²) < 4.78 is 14.7. The number of hydrogen-bond acceptors (Lipinski definition) is 4. The molecular formula is C18H21FN4O3. The molecule has 1 fully saturated rings. The number of nitrogens with one attached hydrogen (secondary N) is 1. The van der Waals surface area contributed by atoms with Gasteiger partial charge >= 0.3 is 11.8 Å². The Balaban J connectivity index is 1.71. The Morgan fingerprint density at radius 3 is 2.50 bits per heavy atom. The van der Waals surface area contributed by atoms with Gasteiger partial charge in [0.15, 0.2) is 0 Å². The second-order valence-corrected chi connectivity index (χ2v) is 6.64. The van der Waals surface area contributed by atoms with Gasteiger partial charge in [0.1, 0.15) is 11.4 Å². The minimum atomic E-state index is -1.29. The van der Waals surface area contributed by atoms with Crippen LogP contribution in [0.1, 0.15) is 23.4 Å². The fourth-order valence-electron chi connectivity index (χ4n) is 3.23. The zero-order valence-electron chi connectivity index (χ0n) is 14.9. The van der Waals surface area contributed by atoms with Crippen molar-refractivity contribution in [2.45, 2.75) is 25.9 Å². The number of aliphatic hydroxyl groups is 1. The Labute approximate surface area is 150 Å². The average Bonchev–Trinajstić information content (AvgIpc) is 3.11. The molecule has 1 aliphatic heterocycles. The van der Waals surface area contributed by atoms with Gasteiger partial charge in [0.25, 0.3) is 0 Å². The summed E-state index contributed by atoms with van der Waals surface area (Å²) in [6.45, 7) is 3.76. The summed E-state index contributed by atoms with van der Waals surface area (Å²) in [5.74, 6) is -1.89. The summed E-state index contributed by atoms with van der Waals surface area (Å²) in [4.78, 5) is 26.1. The van der Waals surface area contributed by atoms with Crippen molar-refractivity contribution in [3.05, 3.63) is 47.0 Å². The Hall–Kier alpha value is -2.74. The van der Waals surface area contributed by atoms with Crippen LogP contribution in [0.25, 0.3) is 0 Å². The van der Waals surface area contributed by atoms with Gasteiger partial charge in [0, 0.05) is 13.6 Å². The van der Waals surface area contributed by atoms with Crippen molar-refractivity contribution < 1.29 is 19.1 Å². The van der Waals surface area contributed by atoms with Gasteiger partial charge in [0.2, 0.25) is 0 Å². The SMILES string of the molecule is Cc1nn(C)c(C)c1NC(=O)C(=O)N1CCC(O)(c2ccc(F)cc2)C1. The normalized spacial score (nSPS) is 19.7. The standard InChI is InChI=1S/C18H21FN4O3/c1-11-15(12(2)22(3)21-11)20-16(24)17(25)23-9-8-18(26,10-23)13-4-6-14(19)7-5-13/h4-7,26H,8-10H2,1-3H3,(H,20,24). The molecule has 3 rings (SSSR count). The van der Waals surface area contributed by atoms with Gasteiger partial charge in [-0.25, -0.2) is 4.39 Å². The molecule has 1 atom stereocenters. The minimum absolute atomic E-state index is 0.0180. The number of aryl methyl sites for hydroxylation is 2. The van der Waals surface area contributed by atoms with Crippen LogP contribution >= 0.6 is 0 Å². The van der Waals surface area contributed by atoms with Crippen LogP contribution < -0.4 is 5.32 Å². The quantitative estimate of drug-likeness (QED) is 0.789. The highest BCUT2D eigenvalue weighted by Crippen LogP contribution is 2.32. The molecule has 138 valence electrons. The number of anilines is 1. The number of likely N-dealkylation sites (tertiary alicyclic amines) is 1. The topological polar surface area (TPSA) is 87.5 Å². The molecule has 2 aromatic rings. The third-order valence-electron chi connectivity index (χ3n) is 4.86. The summed E-state index contributed by atoms with van der Waals surface area (Å²) in [5, 5.41) is 17.6. The first-order valence-electron chi connectivity index (χ1n) is 8.30. The Morgan fingerprint density at radius 1 is 1.27 bits per heavy atom.